The molecule has 1 saturated heterocycles. The normalized spacial score (nSPS) is 17.6. The Labute approximate surface area is 166 Å². The molecule has 0 unspecified atom stereocenters. The first-order valence-electron chi connectivity index (χ1n) is 9.32. The fraction of sp³-hybridized carbons (Fsp3) is 0.421. The number of fused-ring (bicyclic) bond motifs is 1. The van der Waals surface area contributed by atoms with E-state index in [1.54, 1.807) is 29.1 Å². The highest BCUT2D eigenvalue weighted by Crippen LogP contribution is 2.35. The number of likely N-dealkylation sites (N-methyl/N-ethyl adjacent to an activating group) is 1. The van der Waals surface area contributed by atoms with E-state index in [1.807, 2.05) is 0 Å². The molecule has 10 heteroatoms. The van der Waals surface area contributed by atoms with Crippen molar-refractivity contribution in [3.8, 4) is 22.8 Å². The largest absolute Gasteiger partial charge is 0.497 e. The number of imidazole rings is 1. The van der Waals surface area contributed by atoms with Gasteiger partial charge >= 0.3 is 6.61 Å². The van der Waals surface area contributed by atoms with Crippen LogP contribution in [0.2, 0.25) is 0 Å². The number of likely N-dealkylation sites (tertiary alicyclic amines) is 1. The first-order valence-corrected chi connectivity index (χ1v) is 9.32. The molecule has 0 amide bonds. The molecule has 0 saturated carbocycles. The van der Waals surface area contributed by atoms with Crippen molar-refractivity contribution >= 4 is 11.5 Å². The summed E-state index contributed by atoms with van der Waals surface area (Å²) in [4.78, 5) is 6.46. The van der Waals surface area contributed by atoms with Gasteiger partial charge in [-0.15, -0.1) is 10.2 Å². The third-order valence-electron chi connectivity index (χ3n) is 4.97. The summed E-state index contributed by atoms with van der Waals surface area (Å²) in [7, 11) is 3.54. The van der Waals surface area contributed by atoms with E-state index in [-0.39, 0.29) is 11.8 Å². The first-order chi connectivity index (χ1) is 14.0. The van der Waals surface area contributed by atoms with E-state index >= 15 is 0 Å². The van der Waals surface area contributed by atoms with Crippen LogP contribution in [-0.2, 0) is 0 Å². The van der Waals surface area contributed by atoms with Crippen molar-refractivity contribution in [3.63, 3.8) is 0 Å². The Morgan fingerprint density at radius 1 is 1.28 bits per heavy atom. The standard InChI is InChI=1S/C19H22F2N6O2/c1-26-7-3-4-12(10-26)23-19-25-24-17(15-9-22-11-27(15)19)14-6-5-13(28-2)8-16(14)29-18(20)21/h5-6,8-9,11-12,18H,3-4,7,10H2,1-2H3,(H,23,25)/t12-/m1/s1. The number of anilines is 1. The van der Waals surface area contributed by atoms with Gasteiger partial charge in [-0.1, -0.05) is 0 Å². The second-order valence-corrected chi connectivity index (χ2v) is 7.01. The van der Waals surface area contributed by atoms with E-state index in [0.29, 0.717) is 28.5 Å². The summed E-state index contributed by atoms with van der Waals surface area (Å²) in [6.07, 6.45) is 5.39. The number of nitrogens with zero attached hydrogens (tertiary/aromatic N) is 5. The molecule has 29 heavy (non-hydrogen) atoms. The molecular formula is C19H22F2N6O2. The molecule has 154 valence electrons. The number of benzene rings is 1. The molecule has 1 aromatic carbocycles. The lowest BCUT2D eigenvalue weighted by Gasteiger charge is -2.30. The van der Waals surface area contributed by atoms with E-state index in [0.717, 1.165) is 25.9 Å². The zero-order valence-electron chi connectivity index (χ0n) is 16.2. The number of ether oxygens (including phenoxy) is 2. The van der Waals surface area contributed by atoms with Crippen LogP contribution >= 0.6 is 0 Å². The third-order valence-corrected chi connectivity index (χ3v) is 4.97. The number of nitrogens with one attached hydrogen (secondary N) is 1. The zero-order valence-corrected chi connectivity index (χ0v) is 16.2. The van der Waals surface area contributed by atoms with E-state index in [1.165, 1.54) is 13.2 Å². The van der Waals surface area contributed by atoms with Crippen molar-refractivity contribution in [1.29, 1.82) is 0 Å². The molecule has 0 spiro atoms. The third kappa shape index (κ3) is 4.07. The van der Waals surface area contributed by atoms with Crippen LogP contribution in [0.25, 0.3) is 16.8 Å². The van der Waals surface area contributed by atoms with Gasteiger partial charge in [-0.3, -0.25) is 4.40 Å². The second kappa shape index (κ2) is 8.16. The quantitative estimate of drug-likeness (QED) is 0.677. The molecule has 0 radical (unpaired) electrons. The van der Waals surface area contributed by atoms with Gasteiger partial charge in [-0.05, 0) is 38.6 Å². The number of aromatic nitrogens is 4. The lowest BCUT2D eigenvalue weighted by Crippen LogP contribution is -2.40. The molecule has 0 bridgehead atoms. The maximum absolute atomic E-state index is 12.9. The predicted octanol–water partition coefficient (Wildman–Crippen LogP) is 2.91. The molecule has 3 aromatic rings. The Kier molecular flexibility index (Phi) is 5.43. The van der Waals surface area contributed by atoms with Gasteiger partial charge in [0.2, 0.25) is 5.95 Å². The molecule has 1 N–H and O–H groups in total. The topological polar surface area (TPSA) is 76.8 Å². The van der Waals surface area contributed by atoms with Crippen molar-refractivity contribution in [1.82, 2.24) is 24.5 Å². The fourth-order valence-corrected chi connectivity index (χ4v) is 3.61. The number of methoxy groups -OCH3 is 1. The van der Waals surface area contributed by atoms with E-state index < -0.39 is 6.61 Å². The van der Waals surface area contributed by atoms with Gasteiger partial charge in [-0.25, -0.2) is 4.98 Å². The molecule has 1 atom stereocenters. The summed E-state index contributed by atoms with van der Waals surface area (Å²) in [6.45, 7) is -0.989. The highest BCUT2D eigenvalue weighted by Gasteiger charge is 2.21. The Hall–Kier alpha value is -3.01. The number of hydrogen-bond donors (Lipinski definition) is 1. The predicted molar refractivity (Wildman–Crippen MR) is 104 cm³/mol. The Morgan fingerprint density at radius 2 is 2.14 bits per heavy atom. The van der Waals surface area contributed by atoms with E-state index in [4.69, 9.17) is 9.47 Å². The summed E-state index contributed by atoms with van der Waals surface area (Å²) in [6, 6.07) is 4.93. The van der Waals surface area contributed by atoms with Crippen molar-refractivity contribution < 1.29 is 18.3 Å². The van der Waals surface area contributed by atoms with Crippen LogP contribution in [0, 0.1) is 0 Å². The van der Waals surface area contributed by atoms with E-state index in [2.05, 4.69) is 32.4 Å². The Morgan fingerprint density at radius 3 is 2.90 bits per heavy atom. The molecular weight excluding hydrogens is 382 g/mol. The SMILES string of the molecule is COc1ccc(-c2nnc(N[C@@H]3CCCN(C)C3)n3cncc23)c(OC(F)F)c1. The Balaban J connectivity index is 1.72. The fourth-order valence-electron chi connectivity index (χ4n) is 3.61. The van der Waals surface area contributed by atoms with Crippen LogP contribution in [0.5, 0.6) is 11.5 Å². The summed E-state index contributed by atoms with van der Waals surface area (Å²) in [5.74, 6) is 0.930. The van der Waals surface area contributed by atoms with Crippen molar-refractivity contribution in [2.75, 3.05) is 32.6 Å². The van der Waals surface area contributed by atoms with Crippen molar-refractivity contribution in [2.45, 2.75) is 25.5 Å². The number of alkyl halides is 2. The van der Waals surface area contributed by atoms with Crippen LogP contribution in [0.3, 0.4) is 0 Å². The van der Waals surface area contributed by atoms with Gasteiger partial charge in [0.05, 0.1) is 18.8 Å². The maximum Gasteiger partial charge on any atom is 0.387 e. The minimum atomic E-state index is -2.97. The van der Waals surface area contributed by atoms with Crippen molar-refractivity contribution in [3.05, 3.63) is 30.7 Å². The van der Waals surface area contributed by atoms with Gasteiger partial charge in [0.1, 0.15) is 23.5 Å². The monoisotopic (exact) mass is 404 g/mol. The molecule has 2 aromatic heterocycles. The number of hydrogen-bond acceptors (Lipinski definition) is 7. The van der Waals surface area contributed by atoms with Crippen LogP contribution in [0.15, 0.2) is 30.7 Å². The lowest BCUT2D eigenvalue weighted by molar-refractivity contribution is -0.0495. The average Bonchev–Trinajstić information content (AvgIpc) is 3.18. The average molecular weight is 404 g/mol. The first kappa shape index (κ1) is 19.3. The van der Waals surface area contributed by atoms with Crippen molar-refractivity contribution in [2.24, 2.45) is 0 Å². The van der Waals surface area contributed by atoms with Crippen LogP contribution in [0.4, 0.5) is 14.7 Å². The molecule has 4 rings (SSSR count). The molecule has 1 fully saturated rings. The number of rotatable bonds is 6. The van der Waals surface area contributed by atoms with Gasteiger partial charge in [0.15, 0.2) is 0 Å². The molecule has 8 nitrogen and oxygen atoms in total. The van der Waals surface area contributed by atoms with Gasteiger partial charge in [0, 0.05) is 24.2 Å². The zero-order chi connectivity index (χ0) is 20.4. The highest BCUT2D eigenvalue weighted by molar-refractivity contribution is 5.81. The summed E-state index contributed by atoms with van der Waals surface area (Å²) in [5.41, 5.74) is 1.41. The van der Waals surface area contributed by atoms with Gasteiger partial charge in [0.25, 0.3) is 0 Å². The summed E-state index contributed by atoms with van der Waals surface area (Å²) < 4.78 is 37.5. The van der Waals surface area contributed by atoms with E-state index in [9.17, 15) is 8.78 Å². The summed E-state index contributed by atoms with van der Waals surface area (Å²) >= 11 is 0. The minimum Gasteiger partial charge on any atom is -0.497 e. The minimum absolute atomic E-state index is 0.0358. The van der Waals surface area contributed by atoms with Crippen LogP contribution < -0.4 is 14.8 Å². The summed E-state index contributed by atoms with van der Waals surface area (Å²) in [5, 5.41) is 12.0. The molecule has 3 heterocycles. The van der Waals surface area contributed by atoms with Crippen LogP contribution in [0.1, 0.15) is 12.8 Å². The van der Waals surface area contributed by atoms with Crippen LogP contribution in [-0.4, -0.2) is 64.4 Å². The molecule has 1 aliphatic heterocycles. The lowest BCUT2D eigenvalue weighted by atomic mass is 10.1. The maximum atomic E-state index is 12.9. The Bertz CT molecular complexity index is 996. The molecule has 1 aliphatic rings. The second-order valence-electron chi connectivity index (χ2n) is 7.01. The highest BCUT2D eigenvalue weighted by atomic mass is 19.3. The number of halogens is 2. The van der Waals surface area contributed by atoms with Gasteiger partial charge in [-0.2, -0.15) is 8.78 Å². The molecule has 0 aliphatic carbocycles. The number of piperidine rings is 1. The van der Waals surface area contributed by atoms with Gasteiger partial charge < -0.3 is 19.7 Å². The smallest absolute Gasteiger partial charge is 0.387 e.